The molecule has 4 heteroatoms. The van der Waals surface area contributed by atoms with E-state index >= 15 is 0 Å². The van der Waals surface area contributed by atoms with E-state index in [1.54, 1.807) is 0 Å². The number of rotatable bonds is 3. The summed E-state index contributed by atoms with van der Waals surface area (Å²) in [5.41, 5.74) is 9.51. The van der Waals surface area contributed by atoms with Gasteiger partial charge in [0.25, 0.3) is 0 Å². The summed E-state index contributed by atoms with van der Waals surface area (Å²) in [4.78, 5) is 7.97. The Bertz CT molecular complexity index is 628. The van der Waals surface area contributed by atoms with E-state index in [2.05, 4.69) is 22.1 Å². The Labute approximate surface area is 112 Å². The van der Waals surface area contributed by atoms with E-state index < -0.39 is 0 Å². The number of fused-ring (bicyclic) bond motifs is 1. The number of H-pyrrole nitrogens is 1. The van der Waals surface area contributed by atoms with E-state index in [0.29, 0.717) is 6.54 Å². The number of hydrogen-bond donors (Lipinski definition) is 2. The van der Waals surface area contributed by atoms with Gasteiger partial charge in [-0.15, -0.1) is 0 Å². The van der Waals surface area contributed by atoms with E-state index in [1.807, 2.05) is 12.3 Å². The van der Waals surface area contributed by atoms with Crippen molar-refractivity contribution in [3.8, 4) is 17.0 Å². The quantitative estimate of drug-likeness (QED) is 0.881. The third-order valence-electron chi connectivity index (χ3n) is 4.32. The smallest absolute Gasteiger partial charge is 0.122 e. The van der Waals surface area contributed by atoms with Crippen LogP contribution in [0.25, 0.3) is 11.3 Å². The second kappa shape index (κ2) is 3.84. The van der Waals surface area contributed by atoms with Crippen molar-refractivity contribution in [2.45, 2.75) is 24.7 Å². The molecule has 0 bridgehead atoms. The first-order chi connectivity index (χ1) is 9.31. The molecule has 0 spiro atoms. The van der Waals surface area contributed by atoms with Gasteiger partial charge in [-0.25, -0.2) is 4.98 Å². The van der Waals surface area contributed by atoms with Gasteiger partial charge in [0.1, 0.15) is 11.6 Å². The van der Waals surface area contributed by atoms with Crippen LogP contribution in [0.5, 0.6) is 5.75 Å². The van der Waals surface area contributed by atoms with Crippen molar-refractivity contribution >= 4 is 0 Å². The molecular weight excluding hydrogens is 238 g/mol. The molecule has 4 rings (SSSR count). The Balaban J connectivity index is 1.69. The molecule has 2 heterocycles. The van der Waals surface area contributed by atoms with Gasteiger partial charge in [0.2, 0.25) is 0 Å². The lowest BCUT2D eigenvalue weighted by atomic mass is 10.1. The average molecular weight is 255 g/mol. The number of aromatic amines is 1. The second-order valence-corrected chi connectivity index (χ2v) is 5.55. The van der Waals surface area contributed by atoms with E-state index in [-0.39, 0.29) is 5.41 Å². The summed E-state index contributed by atoms with van der Waals surface area (Å²) in [7, 11) is 0. The molecular formula is C15H17N3O. The zero-order valence-electron chi connectivity index (χ0n) is 10.8. The zero-order valence-corrected chi connectivity index (χ0v) is 10.8. The van der Waals surface area contributed by atoms with Crippen LogP contribution in [0.2, 0.25) is 0 Å². The largest absolute Gasteiger partial charge is 0.493 e. The minimum Gasteiger partial charge on any atom is -0.493 e. The maximum absolute atomic E-state index is 5.85. The van der Waals surface area contributed by atoms with Gasteiger partial charge in [-0.3, -0.25) is 0 Å². The van der Waals surface area contributed by atoms with E-state index in [1.165, 1.54) is 11.1 Å². The molecule has 0 radical (unpaired) electrons. The number of nitrogens with zero attached hydrogens (tertiary/aromatic N) is 1. The Hall–Kier alpha value is -1.81. The van der Waals surface area contributed by atoms with Crippen molar-refractivity contribution in [2.24, 2.45) is 5.73 Å². The molecule has 1 aromatic heterocycles. The highest BCUT2D eigenvalue weighted by Crippen LogP contribution is 2.46. The van der Waals surface area contributed by atoms with Gasteiger partial charge in [-0.2, -0.15) is 0 Å². The van der Waals surface area contributed by atoms with Crippen LogP contribution in [-0.2, 0) is 11.8 Å². The molecule has 0 atom stereocenters. The van der Waals surface area contributed by atoms with Crippen LogP contribution < -0.4 is 10.5 Å². The van der Waals surface area contributed by atoms with Crippen molar-refractivity contribution in [1.82, 2.24) is 9.97 Å². The fourth-order valence-electron chi connectivity index (χ4n) is 2.78. The monoisotopic (exact) mass is 255 g/mol. The van der Waals surface area contributed by atoms with Crippen LogP contribution in [0.1, 0.15) is 24.2 Å². The van der Waals surface area contributed by atoms with Crippen LogP contribution in [-0.4, -0.2) is 23.1 Å². The molecule has 3 N–H and O–H groups in total. The van der Waals surface area contributed by atoms with Gasteiger partial charge in [-0.05, 0) is 36.6 Å². The molecule has 0 unspecified atom stereocenters. The molecule has 1 aliphatic heterocycles. The Morgan fingerprint density at radius 2 is 2.26 bits per heavy atom. The number of nitrogens with two attached hydrogens (primary N) is 1. The number of aromatic nitrogens is 2. The molecule has 2 aliphatic rings. The van der Waals surface area contributed by atoms with Crippen molar-refractivity contribution in [3.05, 3.63) is 35.8 Å². The number of nitrogens with one attached hydrogen (secondary N) is 1. The van der Waals surface area contributed by atoms with Gasteiger partial charge in [0.15, 0.2) is 0 Å². The van der Waals surface area contributed by atoms with Gasteiger partial charge in [-0.1, -0.05) is 0 Å². The maximum atomic E-state index is 5.85. The predicted octanol–water partition coefficient (Wildman–Crippen LogP) is 2.00. The zero-order chi connectivity index (χ0) is 12.9. The van der Waals surface area contributed by atoms with Crippen molar-refractivity contribution in [2.75, 3.05) is 13.2 Å². The molecule has 2 aromatic rings. The first kappa shape index (κ1) is 11.1. The minimum absolute atomic E-state index is 0.123. The fourth-order valence-corrected chi connectivity index (χ4v) is 2.78. The van der Waals surface area contributed by atoms with E-state index in [0.717, 1.165) is 43.1 Å². The molecule has 98 valence electrons. The summed E-state index contributed by atoms with van der Waals surface area (Å²) in [6.45, 7) is 1.47. The number of hydrogen-bond acceptors (Lipinski definition) is 3. The molecule has 19 heavy (non-hydrogen) atoms. The summed E-state index contributed by atoms with van der Waals surface area (Å²) < 4.78 is 5.53. The van der Waals surface area contributed by atoms with Crippen molar-refractivity contribution in [1.29, 1.82) is 0 Å². The van der Waals surface area contributed by atoms with E-state index in [4.69, 9.17) is 10.5 Å². The van der Waals surface area contributed by atoms with Crippen LogP contribution in [0.4, 0.5) is 0 Å². The van der Waals surface area contributed by atoms with Crippen LogP contribution in [0.3, 0.4) is 0 Å². The van der Waals surface area contributed by atoms with E-state index in [9.17, 15) is 0 Å². The molecule has 4 nitrogen and oxygen atoms in total. The lowest BCUT2D eigenvalue weighted by molar-refractivity contribution is 0.357. The highest BCUT2D eigenvalue weighted by molar-refractivity contribution is 5.62. The van der Waals surface area contributed by atoms with Crippen LogP contribution in [0, 0.1) is 0 Å². The topological polar surface area (TPSA) is 63.9 Å². The summed E-state index contributed by atoms with van der Waals surface area (Å²) >= 11 is 0. The minimum atomic E-state index is 0.123. The van der Waals surface area contributed by atoms with Gasteiger partial charge in [0.05, 0.1) is 18.5 Å². The van der Waals surface area contributed by atoms with Gasteiger partial charge in [0, 0.05) is 23.9 Å². The Kier molecular flexibility index (Phi) is 2.23. The van der Waals surface area contributed by atoms with Crippen molar-refractivity contribution in [3.63, 3.8) is 0 Å². The predicted molar refractivity (Wildman–Crippen MR) is 73.2 cm³/mol. The normalized spacial score (nSPS) is 19.0. The highest BCUT2D eigenvalue weighted by atomic mass is 16.5. The third kappa shape index (κ3) is 1.67. The Morgan fingerprint density at radius 1 is 1.37 bits per heavy atom. The van der Waals surface area contributed by atoms with Crippen molar-refractivity contribution < 1.29 is 4.74 Å². The molecule has 0 saturated heterocycles. The Morgan fingerprint density at radius 3 is 3.05 bits per heavy atom. The molecule has 0 amide bonds. The standard InChI is InChI=1S/C15H17N3O/c16-9-15(4-5-15)14-17-8-12(18-14)10-1-2-13-11(7-10)3-6-19-13/h1-2,7-8H,3-6,9,16H2,(H,17,18). The summed E-state index contributed by atoms with van der Waals surface area (Å²) in [5.74, 6) is 2.06. The summed E-state index contributed by atoms with van der Waals surface area (Å²) in [6, 6.07) is 6.33. The molecule has 1 fully saturated rings. The molecule has 1 aliphatic carbocycles. The molecule has 1 aromatic carbocycles. The van der Waals surface area contributed by atoms with Crippen LogP contribution in [0.15, 0.2) is 24.4 Å². The first-order valence-corrected chi connectivity index (χ1v) is 6.82. The fraction of sp³-hybridized carbons (Fsp3) is 0.400. The van der Waals surface area contributed by atoms with Gasteiger partial charge < -0.3 is 15.5 Å². The van der Waals surface area contributed by atoms with Crippen LogP contribution >= 0.6 is 0 Å². The van der Waals surface area contributed by atoms with Gasteiger partial charge >= 0.3 is 0 Å². The number of imidazole rings is 1. The SMILES string of the molecule is NCC1(c2ncc(-c3ccc4c(c3)CCO4)[nH]2)CC1. The summed E-state index contributed by atoms with van der Waals surface area (Å²) in [5, 5.41) is 0. The average Bonchev–Trinajstić information content (AvgIpc) is 2.90. The third-order valence-corrected chi connectivity index (χ3v) is 4.32. The summed E-state index contributed by atoms with van der Waals surface area (Å²) in [6.07, 6.45) is 5.21. The highest BCUT2D eigenvalue weighted by Gasteiger charge is 2.45. The number of benzene rings is 1. The second-order valence-electron chi connectivity index (χ2n) is 5.55. The lowest BCUT2D eigenvalue weighted by Crippen LogP contribution is -2.21. The maximum Gasteiger partial charge on any atom is 0.122 e. The molecule has 1 saturated carbocycles. The lowest BCUT2D eigenvalue weighted by Gasteiger charge is -2.07. The number of ether oxygens (including phenoxy) is 1. The first-order valence-electron chi connectivity index (χ1n) is 6.82.